The molecule has 11 aromatic rings. The lowest BCUT2D eigenvalue weighted by Crippen LogP contribution is -2.62. The number of furan rings is 1. The predicted octanol–water partition coefficient (Wildman–Crippen LogP) is 18.0. The van der Waals surface area contributed by atoms with Crippen LogP contribution in [-0.4, -0.2) is 12.3 Å². The quantitative estimate of drug-likeness (QED) is 0.164. The molecular weight excluding hydrogens is 942 g/mol. The number of hydrogen-bond acceptors (Lipinski definition) is 5. The molecule has 2 atom stereocenters. The maximum Gasteiger partial charge on any atom is 0.254 e. The smallest absolute Gasteiger partial charge is 0.254 e. The third-order valence-electron chi connectivity index (χ3n) is 18.5. The van der Waals surface area contributed by atoms with Gasteiger partial charge in [0.15, 0.2) is 5.58 Å². The molecule has 1 aliphatic carbocycles. The number of benzene rings is 9. The van der Waals surface area contributed by atoms with Gasteiger partial charge in [-0.05, 0) is 135 Å². The first-order chi connectivity index (χ1) is 36.7. The molecule has 5 heterocycles. The van der Waals surface area contributed by atoms with Gasteiger partial charge in [0.1, 0.15) is 5.58 Å². The lowest BCUT2D eigenvalue weighted by atomic mass is 9.33. The molecule has 0 N–H and O–H groups in total. The fourth-order valence-corrected chi connectivity index (χ4v) is 15.7. The lowest BCUT2D eigenvalue weighted by molar-refractivity contribution is 0.195. The summed E-state index contributed by atoms with van der Waals surface area (Å²) in [6.45, 7) is 19.1. The van der Waals surface area contributed by atoms with Crippen molar-refractivity contribution in [3.63, 3.8) is 0 Å². The molecular formula is C70H62BN3OS. The Morgan fingerprint density at radius 3 is 1.92 bits per heavy atom. The van der Waals surface area contributed by atoms with Crippen molar-refractivity contribution in [2.45, 2.75) is 103 Å². The van der Waals surface area contributed by atoms with E-state index in [0.717, 1.165) is 40.5 Å². The maximum absolute atomic E-state index is 7.10. The molecule has 2 unspecified atom stereocenters. The molecule has 0 spiro atoms. The summed E-state index contributed by atoms with van der Waals surface area (Å²) >= 11 is 1.95. The number of hydrogen-bond donors (Lipinski definition) is 0. The highest BCUT2D eigenvalue weighted by molar-refractivity contribution is 7.28. The second-order valence-electron chi connectivity index (χ2n) is 24.8. The molecule has 9 aromatic carbocycles. The standard InChI is InChI=1S/C70H62BN3OS/c1-67(2,3)44-31-34-54(51(39-44)43-21-10-9-11-22-43)72-57-36-33-50-48-24-13-17-30-62(48)76-66(50)64(57)71-53-40-45(68(4,5)6)32-35-56(53)73(58-28-20-25-49-47-23-12-16-29-61(47)75-65(49)58)60-42-46(41-59(72)63(60)71)74-55-27-15-14-26-52(55)69(7)37-18-19-38-70(69,74)8/h9-17,20-36,39-42H,18-19,37-38H2,1-8H3. The molecule has 2 aromatic heterocycles. The third kappa shape index (κ3) is 6.31. The van der Waals surface area contributed by atoms with E-state index in [9.17, 15) is 0 Å². The van der Waals surface area contributed by atoms with Crippen LogP contribution in [0.25, 0.3) is 53.2 Å². The van der Waals surface area contributed by atoms with Crippen LogP contribution < -0.4 is 31.1 Å². The van der Waals surface area contributed by atoms with Gasteiger partial charge in [-0.15, -0.1) is 11.3 Å². The van der Waals surface area contributed by atoms with Gasteiger partial charge >= 0.3 is 0 Å². The van der Waals surface area contributed by atoms with Gasteiger partial charge in [0, 0.05) is 70.7 Å². The average molecular weight is 1000 g/mol. The SMILES string of the molecule is CC(C)(C)c1ccc2c(c1)B1c3c(cc(N4c5ccccc5C5(C)CCCCC45C)cc3N2c2cccc3c2oc2ccccc23)N(c2ccc(C(C)(C)C)cc2-c2ccccc2)c2ccc3c(sc4ccccc43)c21. The van der Waals surface area contributed by atoms with Crippen molar-refractivity contribution < 1.29 is 4.42 Å². The molecule has 4 nitrogen and oxygen atoms in total. The van der Waals surface area contributed by atoms with Gasteiger partial charge in [-0.25, -0.2) is 0 Å². The number of fused-ring (bicyclic) bond motifs is 14. The van der Waals surface area contributed by atoms with Gasteiger partial charge in [-0.2, -0.15) is 0 Å². The van der Waals surface area contributed by atoms with E-state index in [1.165, 1.54) is 117 Å². The largest absolute Gasteiger partial charge is 0.454 e. The van der Waals surface area contributed by atoms with Crippen molar-refractivity contribution in [1.29, 1.82) is 0 Å². The molecule has 0 radical (unpaired) electrons. The van der Waals surface area contributed by atoms with Crippen LogP contribution in [0.3, 0.4) is 0 Å². The van der Waals surface area contributed by atoms with Crippen LogP contribution in [0, 0.1) is 0 Å². The second-order valence-corrected chi connectivity index (χ2v) is 25.8. The fourth-order valence-electron chi connectivity index (χ4n) is 14.4. The predicted molar refractivity (Wildman–Crippen MR) is 326 cm³/mol. The number of rotatable bonds is 4. The Labute approximate surface area is 451 Å². The Hall–Kier alpha value is -7.54. The summed E-state index contributed by atoms with van der Waals surface area (Å²) in [6.07, 6.45) is 4.70. The fraction of sp³-hybridized carbons (Fsp3) is 0.229. The zero-order chi connectivity index (χ0) is 51.6. The normalized spacial score (nSPS) is 18.8. The van der Waals surface area contributed by atoms with Gasteiger partial charge < -0.3 is 19.1 Å². The molecule has 1 saturated carbocycles. The van der Waals surface area contributed by atoms with Crippen LogP contribution in [0.1, 0.15) is 97.8 Å². The average Bonchev–Trinajstić information content (AvgIpc) is 4.17. The van der Waals surface area contributed by atoms with Crippen molar-refractivity contribution in [1.82, 2.24) is 0 Å². The van der Waals surface area contributed by atoms with Crippen LogP contribution in [0.2, 0.25) is 0 Å². The molecule has 6 heteroatoms. The van der Waals surface area contributed by atoms with E-state index in [2.05, 4.69) is 252 Å². The Morgan fingerprint density at radius 1 is 0.500 bits per heavy atom. The summed E-state index contributed by atoms with van der Waals surface area (Å²) in [6, 6.07) is 69.6. The minimum absolute atomic E-state index is 0.0324. The molecule has 0 bridgehead atoms. The molecule has 0 saturated heterocycles. The Bertz CT molecular complexity index is 4230. The molecule has 15 rings (SSSR count). The van der Waals surface area contributed by atoms with E-state index in [1.807, 2.05) is 11.3 Å². The first-order valence-electron chi connectivity index (χ1n) is 27.6. The van der Waals surface area contributed by atoms with E-state index in [0.29, 0.717) is 0 Å². The molecule has 4 aliphatic rings. The van der Waals surface area contributed by atoms with E-state index in [1.54, 1.807) is 0 Å². The summed E-state index contributed by atoms with van der Waals surface area (Å²) in [5.74, 6) is 0. The van der Waals surface area contributed by atoms with Crippen molar-refractivity contribution >= 4 is 122 Å². The van der Waals surface area contributed by atoms with Crippen LogP contribution in [-0.2, 0) is 16.2 Å². The zero-order valence-corrected chi connectivity index (χ0v) is 45.7. The van der Waals surface area contributed by atoms with Gasteiger partial charge in [-0.3, -0.25) is 0 Å². The van der Waals surface area contributed by atoms with Gasteiger partial charge in [-0.1, -0.05) is 183 Å². The van der Waals surface area contributed by atoms with Crippen molar-refractivity contribution in [3.05, 3.63) is 199 Å². The van der Waals surface area contributed by atoms with E-state index >= 15 is 0 Å². The lowest BCUT2D eigenvalue weighted by Gasteiger charge is -2.51. The first-order valence-corrected chi connectivity index (χ1v) is 28.4. The van der Waals surface area contributed by atoms with Crippen molar-refractivity contribution in [3.8, 4) is 11.1 Å². The van der Waals surface area contributed by atoms with E-state index in [4.69, 9.17) is 4.42 Å². The van der Waals surface area contributed by atoms with Gasteiger partial charge in [0.25, 0.3) is 6.71 Å². The monoisotopic (exact) mass is 1000 g/mol. The van der Waals surface area contributed by atoms with Crippen molar-refractivity contribution in [2.24, 2.45) is 0 Å². The van der Waals surface area contributed by atoms with Gasteiger partial charge in [0.2, 0.25) is 0 Å². The summed E-state index contributed by atoms with van der Waals surface area (Å²) in [4.78, 5) is 8.08. The van der Waals surface area contributed by atoms with Crippen LogP contribution >= 0.6 is 11.3 Å². The van der Waals surface area contributed by atoms with Gasteiger partial charge in [0.05, 0.1) is 16.9 Å². The third-order valence-corrected chi connectivity index (χ3v) is 19.7. The van der Waals surface area contributed by atoms with Crippen molar-refractivity contribution in [2.75, 3.05) is 14.7 Å². The minimum atomic E-state index is -0.169. The highest BCUT2D eigenvalue weighted by atomic mass is 32.1. The van der Waals surface area contributed by atoms with Crippen LogP contribution in [0.15, 0.2) is 186 Å². The first kappa shape index (κ1) is 45.8. The number of anilines is 8. The highest BCUT2D eigenvalue weighted by Gasteiger charge is 2.58. The topological polar surface area (TPSA) is 22.9 Å². The Balaban J connectivity index is 1.13. The highest BCUT2D eigenvalue weighted by Crippen LogP contribution is 2.62. The Morgan fingerprint density at radius 2 is 1.13 bits per heavy atom. The molecule has 372 valence electrons. The number of para-hydroxylation sites is 3. The van der Waals surface area contributed by atoms with Crippen LogP contribution in [0.5, 0.6) is 0 Å². The summed E-state index contributed by atoms with van der Waals surface area (Å²) in [5.41, 5.74) is 21.6. The van der Waals surface area contributed by atoms with Crippen LogP contribution in [0.4, 0.5) is 45.5 Å². The number of thiophene rings is 1. The second kappa shape index (κ2) is 16.0. The summed E-state index contributed by atoms with van der Waals surface area (Å²) in [7, 11) is 0. The zero-order valence-electron chi connectivity index (χ0n) is 44.9. The molecule has 3 aliphatic heterocycles. The summed E-state index contributed by atoms with van der Waals surface area (Å²) < 4.78 is 9.76. The molecule has 0 amide bonds. The minimum Gasteiger partial charge on any atom is -0.454 e. The summed E-state index contributed by atoms with van der Waals surface area (Å²) in [5, 5.41) is 4.88. The van der Waals surface area contributed by atoms with E-state index < -0.39 is 0 Å². The Kier molecular flexibility index (Phi) is 9.65. The maximum atomic E-state index is 7.10. The molecule has 76 heavy (non-hydrogen) atoms. The number of nitrogens with zero attached hydrogens (tertiary/aromatic N) is 3. The van der Waals surface area contributed by atoms with E-state index in [-0.39, 0.29) is 28.5 Å². The molecule has 1 fully saturated rings.